The van der Waals surface area contributed by atoms with Gasteiger partial charge in [-0.05, 0) is 36.5 Å². The molecule has 1 aliphatic rings. The minimum Gasteiger partial charge on any atom is -0.349 e. The summed E-state index contributed by atoms with van der Waals surface area (Å²) >= 11 is 0. The van der Waals surface area contributed by atoms with Crippen LogP contribution in [0.25, 0.3) is 0 Å². The van der Waals surface area contributed by atoms with E-state index in [1.807, 2.05) is 37.3 Å². The van der Waals surface area contributed by atoms with Gasteiger partial charge < -0.3 is 16.0 Å². The Morgan fingerprint density at radius 2 is 1.59 bits per heavy atom. The number of carbonyl (C=O) groups excluding carboxylic acids is 3. The van der Waals surface area contributed by atoms with E-state index in [-0.39, 0.29) is 17.9 Å². The van der Waals surface area contributed by atoms with E-state index in [4.69, 9.17) is 0 Å². The fraction of sp³-hybridized carbons (Fsp3) is 0.348. The number of nitrogens with one attached hydrogen (secondary N) is 3. The van der Waals surface area contributed by atoms with Gasteiger partial charge in [-0.1, -0.05) is 62.2 Å². The van der Waals surface area contributed by atoms with Crippen LogP contribution < -0.4 is 16.0 Å². The molecular formula is C23H27N3O3. The van der Waals surface area contributed by atoms with Crippen molar-refractivity contribution in [3.05, 3.63) is 65.7 Å². The van der Waals surface area contributed by atoms with Crippen LogP contribution in [-0.2, 0) is 9.59 Å². The molecule has 0 aromatic heterocycles. The van der Waals surface area contributed by atoms with Crippen molar-refractivity contribution < 1.29 is 14.4 Å². The van der Waals surface area contributed by atoms with Crippen molar-refractivity contribution in [1.29, 1.82) is 0 Å². The number of anilines is 1. The first-order valence-corrected chi connectivity index (χ1v) is 10.1. The Bertz CT molecular complexity index is 861. The van der Waals surface area contributed by atoms with E-state index in [0.29, 0.717) is 17.8 Å². The average Bonchev–Trinajstić information content (AvgIpc) is 3.25. The van der Waals surface area contributed by atoms with Crippen LogP contribution in [0.15, 0.2) is 54.6 Å². The van der Waals surface area contributed by atoms with Gasteiger partial charge in [0.05, 0.1) is 11.3 Å². The molecule has 29 heavy (non-hydrogen) atoms. The van der Waals surface area contributed by atoms with Crippen molar-refractivity contribution >= 4 is 23.4 Å². The van der Waals surface area contributed by atoms with Gasteiger partial charge in [0.25, 0.3) is 5.91 Å². The molecule has 1 aliphatic carbocycles. The maximum Gasteiger partial charge on any atom is 0.313 e. The van der Waals surface area contributed by atoms with Crippen molar-refractivity contribution in [3.63, 3.8) is 0 Å². The molecule has 0 bridgehead atoms. The van der Waals surface area contributed by atoms with Crippen molar-refractivity contribution in [2.45, 2.75) is 44.6 Å². The third kappa shape index (κ3) is 5.67. The summed E-state index contributed by atoms with van der Waals surface area (Å²) < 4.78 is 0. The summed E-state index contributed by atoms with van der Waals surface area (Å²) in [5, 5.41) is 8.23. The second-order valence-electron chi connectivity index (χ2n) is 7.48. The number of benzene rings is 2. The molecule has 0 aliphatic heterocycles. The monoisotopic (exact) mass is 393 g/mol. The van der Waals surface area contributed by atoms with E-state index in [1.54, 1.807) is 24.3 Å². The van der Waals surface area contributed by atoms with Crippen LogP contribution in [0.3, 0.4) is 0 Å². The van der Waals surface area contributed by atoms with E-state index in [1.165, 1.54) is 0 Å². The minimum absolute atomic E-state index is 0.0809. The SMILES string of the molecule is C[C@H](CNC(=O)C(=O)Nc1ccccc1C(=O)NC1CCCC1)c1ccccc1. The molecule has 3 amide bonds. The summed E-state index contributed by atoms with van der Waals surface area (Å²) in [7, 11) is 0. The molecule has 1 atom stereocenters. The Kier molecular flexibility index (Phi) is 7.00. The number of carbonyl (C=O) groups is 3. The molecule has 1 saturated carbocycles. The van der Waals surface area contributed by atoms with Crippen molar-refractivity contribution in [1.82, 2.24) is 10.6 Å². The number of para-hydroxylation sites is 1. The molecule has 1 fully saturated rings. The zero-order chi connectivity index (χ0) is 20.6. The Morgan fingerprint density at radius 1 is 0.931 bits per heavy atom. The smallest absolute Gasteiger partial charge is 0.313 e. The van der Waals surface area contributed by atoms with Crippen molar-refractivity contribution in [2.24, 2.45) is 0 Å². The molecule has 2 aromatic carbocycles. The molecule has 2 aromatic rings. The van der Waals surface area contributed by atoms with E-state index in [0.717, 1.165) is 31.2 Å². The summed E-state index contributed by atoms with van der Waals surface area (Å²) in [5.41, 5.74) is 1.78. The van der Waals surface area contributed by atoms with E-state index < -0.39 is 11.8 Å². The lowest BCUT2D eigenvalue weighted by atomic mass is 10.0. The summed E-state index contributed by atoms with van der Waals surface area (Å²) in [6, 6.07) is 16.7. The van der Waals surface area contributed by atoms with Crippen LogP contribution in [0.5, 0.6) is 0 Å². The molecular weight excluding hydrogens is 366 g/mol. The molecule has 0 radical (unpaired) electrons. The largest absolute Gasteiger partial charge is 0.349 e. The number of amides is 3. The predicted molar refractivity (Wildman–Crippen MR) is 113 cm³/mol. The van der Waals surface area contributed by atoms with Crippen molar-refractivity contribution in [3.8, 4) is 0 Å². The van der Waals surface area contributed by atoms with Gasteiger partial charge in [-0.15, -0.1) is 0 Å². The highest BCUT2D eigenvalue weighted by molar-refractivity contribution is 6.40. The van der Waals surface area contributed by atoms with Gasteiger partial charge >= 0.3 is 11.8 Å². The summed E-state index contributed by atoms with van der Waals surface area (Å²) in [6.07, 6.45) is 4.18. The highest BCUT2D eigenvalue weighted by Crippen LogP contribution is 2.20. The fourth-order valence-electron chi connectivity index (χ4n) is 3.53. The summed E-state index contributed by atoms with van der Waals surface area (Å²) in [5.74, 6) is -1.66. The summed E-state index contributed by atoms with van der Waals surface area (Å²) in [6.45, 7) is 2.33. The fourth-order valence-corrected chi connectivity index (χ4v) is 3.53. The van der Waals surface area contributed by atoms with E-state index in [2.05, 4.69) is 16.0 Å². The normalized spacial score (nSPS) is 14.8. The van der Waals surface area contributed by atoms with Crippen LogP contribution in [0, 0.1) is 0 Å². The maximum atomic E-state index is 12.6. The quantitative estimate of drug-likeness (QED) is 0.659. The third-order valence-electron chi connectivity index (χ3n) is 5.25. The Morgan fingerprint density at radius 3 is 2.31 bits per heavy atom. The molecule has 0 spiro atoms. The van der Waals surface area contributed by atoms with Gasteiger partial charge in [-0.25, -0.2) is 0 Å². The van der Waals surface area contributed by atoms with Gasteiger partial charge in [0, 0.05) is 12.6 Å². The van der Waals surface area contributed by atoms with E-state index >= 15 is 0 Å². The first kappa shape index (κ1) is 20.6. The van der Waals surface area contributed by atoms with Crippen LogP contribution >= 0.6 is 0 Å². The van der Waals surface area contributed by atoms with Gasteiger partial charge in [0.1, 0.15) is 0 Å². The lowest BCUT2D eigenvalue weighted by Gasteiger charge is -2.15. The molecule has 6 nitrogen and oxygen atoms in total. The first-order chi connectivity index (χ1) is 14.0. The number of rotatable bonds is 6. The average molecular weight is 393 g/mol. The highest BCUT2D eigenvalue weighted by atomic mass is 16.2. The first-order valence-electron chi connectivity index (χ1n) is 10.1. The number of hydrogen-bond donors (Lipinski definition) is 3. The molecule has 0 saturated heterocycles. The van der Waals surface area contributed by atoms with Crippen molar-refractivity contribution in [2.75, 3.05) is 11.9 Å². The zero-order valence-corrected chi connectivity index (χ0v) is 16.6. The third-order valence-corrected chi connectivity index (χ3v) is 5.25. The molecule has 3 N–H and O–H groups in total. The minimum atomic E-state index is -0.786. The molecule has 0 heterocycles. The standard InChI is InChI=1S/C23H27N3O3/c1-16(17-9-3-2-4-10-17)15-24-22(28)23(29)26-20-14-8-7-13-19(20)21(27)25-18-11-5-6-12-18/h2-4,7-10,13-14,16,18H,5-6,11-12,15H2,1H3,(H,24,28)(H,25,27)(H,26,29)/t16-/m1/s1. The van der Waals surface area contributed by atoms with Gasteiger partial charge in [-0.2, -0.15) is 0 Å². The second-order valence-corrected chi connectivity index (χ2v) is 7.48. The van der Waals surface area contributed by atoms with Gasteiger partial charge in [-0.3, -0.25) is 14.4 Å². The highest BCUT2D eigenvalue weighted by Gasteiger charge is 2.21. The van der Waals surface area contributed by atoms with E-state index in [9.17, 15) is 14.4 Å². The lowest BCUT2D eigenvalue weighted by Crippen LogP contribution is -2.38. The molecule has 3 rings (SSSR count). The molecule has 6 heteroatoms. The Balaban J connectivity index is 1.57. The number of hydrogen-bond acceptors (Lipinski definition) is 3. The Hall–Kier alpha value is -3.15. The maximum absolute atomic E-state index is 12.6. The molecule has 152 valence electrons. The van der Waals surface area contributed by atoms with Crippen LogP contribution in [0.2, 0.25) is 0 Å². The topological polar surface area (TPSA) is 87.3 Å². The van der Waals surface area contributed by atoms with Crippen LogP contribution in [0.4, 0.5) is 5.69 Å². The predicted octanol–water partition coefficient (Wildman–Crippen LogP) is 3.22. The van der Waals surface area contributed by atoms with Gasteiger partial charge in [0.15, 0.2) is 0 Å². The lowest BCUT2D eigenvalue weighted by molar-refractivity contribution is -0.136. The van der Waals surface area contributed by atoms with Crippen LogP contribution in [0.1, 0.15) is 54.4 Å². The van der Waals surface area contributed by atoms with Crippen LogP contribution in [-0.4, -0.2) is 30.3 Å². The zero-order valence-electron chi connectivity index (χ0n) is 16.6. The Labute approximate surface area is 171 Å². The molecule has 0 unspecified atom stereocenters. The second kappa shape index (κ2) is 9.87. The van der Waals surface area contributed by atoms with Gasteiger partial charge in [0.2, 0.25) is 0 Å². The summed E-state index contributed by atoms with van der Waals surface area (Å²) in [4.78, 5) is 37.1.